The summed E-state index contributed by atoms with van der Waals surface area (Å²) in [5.74, 6) is 0.00291. The Morgan fingerprint density at radius 3 is 2.95 bits per heavy atom. The van der Waals surface area contributed by atoms with Gasteiger partial charge in [0.2, 0.25) is 5.91 Å². The van der Waals surface area contributed by atoms with Gasteiger partial charge in [0, 0.05) is 22.3 Å². The maximum absolute atomic E-state index is 12.1. The number of nitrogens with one attached hydrogen (secondary N) is 2. The second-order valence-electron chi connectivity index (χ2n) is 4.86. The standard InChI is InChI=1S/C17H16N2OS/c1-21-15-4-2-3-14(11-15)19-17(20)10-12-5-6-16-13(9-12)7-8-18-16/h2-9,11,18H,10H2,1H3,(H,19,20). The normalized spacial score (nSPS) is 10.7. The Kier molecular flexibility index (Phi) is 3.97. The molecule has 0 aliphatic heterocycles. The molecule has 3 rings (SSSR count). The van der Waals surface area contributed by atoms with Gasteiger partial charge >= 0.3 is 0 Å². The van der Waals surface area contributed by atoms with Crippen molar-refractivity contribution in [3.8, 4) is 0 Å². The lowest BCUT2D eigenvalue weighted by Crippen LogP contribution is -2.14. The molecule has 0 unspecified atom stereocenters. The van der Waals surface area contributed by atoms with Gasteiger partial charge in [0.15, 0.2) is 0 Å². The summed E-state index contributed by atoms with van der Waals surface area (Å²) in [6.07, 6.45) is 4.31. The van der Waals surface area contributed by atoms with Crippen LogP contribution >= 0.6 is 11.8 Å². The van der Waals surface area contributed by atoms with E-state index in [0.29, 0.717) is 6.42 Å². The third-order valence-electron chi connectivity index (χ3n) is 3.34. The van der Waals surface area contributed by atoms with Crippen molar-refractivity contribution >= 4 is 34.3 Å². The zero-order chi connectivity index (χ0) is 14.7. The minimum atomic E-state index is 0.00291. The van der Waals surface area contributed by atoms with Crippen molar-refractivity contribution in [2.75, 3.05) is 11.6 Å². The van der Waals surface area contributed by atoms with Gasteiger partial charge in [0.25, 0.3) is 0 Å². The molecular weight excluding hydrogens is 280 g/mol. The first-order chi connectivity index (χ1) is 10.2. The van der Waals surface area contributed by atoms with Gasteiger partial charge in [-0.05, 0) is 53.6 Å². The molecule has 1 amide bonds. The highest BCUT2D eigenvalue weighted by Gasteiger charge is 2.06. The van der Waals surface area contributed by atoms with Crippen LogP contribution in [-0.4, -0.2) is 17.1 Å². The molecule has 1 heterocycles. The number of hydrogen-bond donors (Lipinski definition) is 2. The minimum absolute atomic E-state index is 0.00291. The number of fused-ring (bicyclic) bond motifs is 1. The minimum Gasteiger partial charge on any atom is -0.361 e. The largest absolute Gasteiger partial charge is 0.361 e. The lowest BCUT2D eigenvalue weighted by molar-refractivity contribution is -0.115. The summed E-state index contributed by atoms with van der Waals surface area (Å²) in [5.41, 5.74) is 2.95. The number of carbonyl (C=O) groups excluding carboxylic acids is 1. The number of amides is 1. The second kappa shape index (κ2) is 6.06. The Labute approximate surface area is 127 Å². The van der Waals surface area contributed by atoms with E-state index in [1.165, 1.54) is 0 Å². The maximum Gasteiger partial charge on any atom is 0.228 e. The Bertz CT molecular complexity index is 779. The van der Waals surface area contributed by atoms with E-state index in [0.717, 1.165) is 27.0 Å². The average Bonchev–Trinajstić information content (AvgIpc) is 2.95. The Hall–Kier alpha value is -2.20. The summed E-state index contributed by atoms with van der Waals surface area (Å²) in [5, 5.41) is 4.08. The summed E-state index contributed by atoms with van der Waals surface area (Å²) in [7, 11) is 0. The SMILES string of the molecule is CSc1cccc(NC(=O)Cc2ccc3[nH]ccc3c2)c1. The van der Waals surface area contributed by atoms with Gasteiger partial charge in [0.05, 0.1) is 6.42 Å². The Balaban J connectivity index is 1.70. The molecule has 3 aromatic rings. The summed E-state index contributed by atoms with van der Waals surface area (Å²) < 4.78 is 0. The van der Waals surface area contributed by atoms with Gasteiger partial charge < -0.3 is 10.3 Å². The molecule has 21 heavy (non-hydrogen) atoms. The Morgan fingerprint density at radius 2 is 2.10 bits per heavy atom. The molecule has 4 heteroatoms. The molecule has 0 bridgehead atoms. The van der Waals surface area contributed by atoms with E-state index in [2.05, 4.69) is 10.3 Å². The highest BCUT2D eigenvalue weighted by atomic mass is 32.2. The number of carbonyl (C=O) groups is 1. The van der Waals surface area contributed by atoms with E-state index in [1.807, 2.05) is 61.0 Å². The highest BCUT2D eigenvalue weighted by Crippen LogP contribution is 2.19. The van der Waals surface area contributed by atoms with Crippen molar-refractivity contribution < 1.29 is 4.79 Å². The van der Waals surface area contributed by atoms with Crippen LogP contribution in [0.15, 0.2) is 59.6 Å². The van der Waals surface area contributed by atoms with Crippen LogP contribution in [0.2, 0.25) is 0 Å². The van der Waals surface area contributed by atoms with Crippen LogP contribution < -0.4 is 5.32 Å². The zero-order valence-electron chi connectivity index (χ0n) is 11.7. The predicted molar refractivity (Wildman–Crippen MR) is 88.9 cm³/mol. The number of aromatic nitrogens is 1. The number of hydrogen-bond acceptors (Lipinski definition) is 2. The van der Waals surface area contributed by atoms with Crippen molar-refractivity contribution in [1.29, 1.82) is 0 Å². The van der Waals surface area contributed by atoms with Crippen LogP contribution in [0, 0.1) is 0 Å². The first-order valence-electron chi connectivity index (χ1n) is 6.74. The average molecular weight is 296 g/mol. The van der Waals surface area contributed by atoms with E-state index in [9.17, 15) is 4.79 Å². The molecule has 3 nitrogen and oxygen atoms in total. The molecule has 0 saturated heterocycles. The molecule has 106 valence electrons. The maximum atomic E-state index is 12.1. The van der Waals surface area contributed by atoms with Gasteiger partial charge in [0.1, 0.15) is 0 Å². The lowest BCUT2D eigenvalue weighted by atomic mass is 10.1. The van der Waals surface area contributed by atoms with Crippen molar-refractivity contribution in [2.45, 2.75) is 11.3 Å². The van der Waals surface area contributed by atoms with Crippen molar-refractivity contribution in [3.05, 3.63) is 60.3 Å². The highest BCUT2D eigenvalue weighted by molar-refractivity contribution is 7.98. The summed E-state index contributed by atoms with van der Waals surface area (Å²) in [6, 6.07) is 15.9. The van der Waals surface area contributed by atoms with Crippen LogP contribution in [0.5, 0.6) is 0 Å². The predicted octanol–water partition coefficient (Wildman–Crippen LogP) is 4.07. The molecule has 0 saturated carbocycles. The van der Waals surface area contributed by atoms with E-state index >= 15 is 0 Å². The fourth-order valence-corrected chi connectivity index (χ4v) is 2.76. The van der Waals surface area contributed by atoms with Crippen LogP contribution in [0.4, 0.5) is 5.69 Å². The summed E-state index contributed by atoms with van der Waals surface area (Å²) in [4.78, 5) is 16.4. The van der Waals surface area contributed by atoms with Gasteiger partial charge in [-0.2, -0.15) is 0 Å². The zero-order valence-corrected chi connectivity index (χ0v) is 12.5. The van der Waals surface area contributed by atoms with Gasteiger partial charge in [-0.15, -0.1) is 11.8 Å². The molecule has 2 aromatic carbocycles. The smallest absolute Gasteiger partial charge is 0.228 e. The second-order valence-corrected chi connectivity index (χ2v) is 5.74. The van der Waals surface area contributed by atoms with Crippen LogP contribution in [0.3, 0.4) is 0 Å². The summed E-state index contributed by atoms with van der Waals surface area (Å²) in [6.45, 7) is 0. The van der Waals surface area contributed by atoms with E-state index in [4.69, 9.17) is 0 Å². The molecule has 0 fully saturated rings. The lowest BCUT2D eigenvalue weighted by Gasteiger charge is -2.07. The van der Waals surface area contributed by atoms with Crippen molar-refractivity contribution in [1.82, 2.24) is 4.98 Å². The third-order valence-corrected chi connectivity index (χ3v) is 4.06. The monoisotopic (exact) mass is 296 g/mol. The van der Waals surface area contributed by atoms with Gasteiger partial charge in [-0.25, -0.2) is 0 Å². The summed E-state index contributed by atoms with van der Waals surface area (Å²) >= 11 is 1.66. The number of thioether (sulfide) groups is 1. The van der Waals surface area contributed by atoms with Gasteiger partial charge in [-0.3, -0.25) is 4.79 Å². The molecule has 0 spiro atoms. The quantitative estimate of drug-likeness (QED) is 0.713. The molecule has 0 aliphatic carbocycles. The van der Waals surface area contributed by atoms with E-state index in [-0.39, 0.29) is 5.91 Å². The molecule has 0 atom stereocenters. The number of benzene rings is 2. The number of aromatic amines is 1. The molecule has 0 radical (unpaired) electrons. The van der Waals surface area contributed by atoms with E-state index < -0.39 is 0 Å². The molecular formula is C17H16N2OS. The third kappa shape index (κ3) is 3.28. The Morgan fingerprint density at radius 1 is 1.19 bits per heavy atom. The van der Waals surface area contributed by atoms with Gasteiger partial charge in [-0.1, -0.05) is 12.1 Å². The van der Waals surface area contributed by atoms with Crippen LogP contribution in [0.25, 0.3) is 10.9 Å². The first kappa shape index (κ1) is 13.8. The van der Waals surface area contributed by atoms with Crippen LogP contribution in [0.1, 0.15) is 5.56 Å². The molecule has 0 aliphatic rings. The fourth-order valence-electron chi connectivity index (χ4n) is 2.30. The molecule has 1 aromatic heterocycles. The van der Waals surface area contributed by atoms with Crippen LogP contribution in [-0.2, 0) is 11.2 Å². The van der Waals surface area contributed by atoms with Crippen molar-refractivity contribution in [2.24, 2.45) is 0 Å². The molecule has 2 N–H and O–H groups in total. The van der Waals surface area contributed by atoms with Crippen molar-refractivity contribution in [3.63, 3.8) is 0 Å². The number of anilines is 1. The number of rotatable bonds is 4. The fraction of sp³-hybridized carbons (Fsp3) is 0.118. The topological polar surface area (TPSA) is 44.9 Å². The van der Waals surface area contributed by atoms with E-state index in [1.54, 1.807) is 11.8 Å². The first-order valence-corrected chi connectivity index (χ1v) is 7.97. The number of H-pyrrole nitrogens is 1.